The van der Waals surface area contributed by atoms with Crippen molar-refractivity contribution in [1.82, 2.24) is 15.0 Å². The van der Waals surface area contributed by atoms with Crippen LogP contribution in [-0.4, -0.2) is 92.8 Å². The molecule has 0 spiro atoms. The number of nitrogens with one attached hydrogen (secondary N) is 2. The summed E-state index contributed by atoms with van der Waals surface area (Å²) in [4.78, 5) is 13.1. The number of fused-ring (bicyclic) bond motifs is 1. The molecule has 6 rings (SSSR count). The molecular formula is C37H36ClN11O13S4. The summed E-state index contributed by atoms with van der Waals surface area (Å²) in [5.74, 6) is -1.51. The first-order valence-electron chi connectivity index (χ1n) is 18.7. The van der Waals surface area contributed by atoms with Crippen LogP contribution in [0.25, 0.3) is 10.8 Å². The Bertz CT molecular complexity index is 3360. The number of aromatic hydroxyl groups is 1. The summed E-state index contributed by atoms with van der Waals surface area (Å²) in [5, 5.41) is 32.8. The molecule has 0 amide bonds. The number of aromatic nitrogens is 3. The van der Waals surface area contributed by atoms with E-state index in [-0.39, 0.29) is 61.3 Å². The Hall–Kier alpha value is -6.50. The molecule has 0 aliphatic heterocycles. The van der Waals surface area contributed by atoms with Crippen LogP contribution in [0.15, 0.2) is 120 Å². The Labute approximate surface area is 381 Å². The Morgan fingerprint density at radius 1 is 0.712 bits per heavy atom. The highest BCUT2D eigenvalue weighted by Crippen LogP contribution is 2.41. The number of azo groups is 2. The normalized spacial score (nSPS) is 12.6. The van der Waals surface area contributed by atoms with E-state index in [9.17, 15) is 47.9 Å². The zero-order valence-corrected chi connectivity index (χ0v) is 38.1. The highest BCUT2D eigenvalue weighted by molar-refractivity contribution is 7.91. The summed E-state index contributed by atoms with van der Waals surface area (Å²) in [6.07, 6.45) is 0. The Kier molecular flexibility index (Phi) is 14.5. The summed E-state index contributed by atoms with van der Waals surface area (Å²) in [7, 11) is -18.5. The molecule has 0 aliphatic rings. The molecule has 0 saturated carbocycles. The number of nitrogens with zero attached hydrogens (tertiary/aromatic N) is 8. The van der Waals surface area contributed by atoms with Crippen molar-refractivity contribution in [3.8, 4) is 5.75 Å². The van der Waals surface area contributed by atoms with E-state index in [0.29, 0.717) is 24.5 Å². The number of phenols is 1. The van der Waals surface area contributed by atoms with Gasteiger partial charge in [-0.15, -0.1) is 15.3 Å². The van der Waals surface area contributed by atoms with Crippen molar-refractivity contribution in [2.24, 2.45) is 20.5 Å². The molecule has 66 heavy (non-hydrogen) atoms. The number of phenolic OH excluding ortho intramolecular Hbond substituents is 1. The van der Waals surface area contributed by atoms with Gasteiger partial charge in [0.2, 0.25) is 17.2 Å². The lowest BCUT2D eigenvalue weighted by atomic mass is 10.1. The van der Waals surface area contributed by atoms with Gasteiger partial charge >= 0.3 is 10.4 Å². The van der Waals surface area contributed by atoms with Gasteiger partial charge in [-0.25, -0.2) is 12.6 Å². The predicted molar refractivity (Wildman–Crippen MR) is 242 cm³/mol. The first-order chi connectivity index (χ1) is 30.9. The van der Waals surface area contributed by atoms with Crippen molar-refractivity contribution in [2.45, 2.75) is 28.5 Å². The van der Waals surface area contributed by atoms with Crippen molar-refractivity contribution in [3.63, 3.8) is 0 Å². The molecule has 0 unspecified atom stereocenters. The molecule has 0 saturated heterocycles. The second-order valence-corrected chi connectivity index (χ2v) is 19.9. The van der Waals surface area contributed by atoms with Crippen LogP contribution in [0.4, 0.5) is 57.4 Å². The van der Waals surface area contributed by atoms with Gasteiger partial charge in [0.15, 0.2) is 9.84 Å². The van der Waals surface area contributed by atoms with Gasteiger partial charge in [0.25, 0.3) is 20.2 Å². The molecule has 0 radical (unpaired) electrons. The van der Waals surface area contributed by atoms with Gasteiger partial charge in [0, 0.05) is 30.5 Å². The standard InChI is InChI=1S/C37H36ClN11O13S4/c1-3-49(4-2)24-9-14-28(30(19-24)41-37-43-35(38)42-36(44-37)40-22-6-10-25(11-7-22)63(51,52)16-15-62-66(59,60)61)46-45-23-8-13-29(32(18-23)65(56,57)58)47-48-34-27(39)12-5-21-17-26(64(53,54)55)20-31(50)33(21)34/h5-14,17-20,50H,3-4,15-16,39H2,1-2H3,(H,53,54,55)(H,56,57,58)(H,59,60,61)(H2,40,41,42,43,44). The molecule has 5 aromatic carbocycles. The predicted octanol–water partition coefficient (Wildman–Crippen LogP) is 7.22. The maximum absolute atomic E-state index is 12.6. The molecule has 0 aliphatic carbocycles. The third kappa shape index (κ3) is 12.2. The van der Waals surface area contributed by atoms with Crippen LogP contribution in [0.3, 0.4) is 0 Å². The summed E-state index contributed by atoms with van der Waals surface area (Å²) < 4.78 is 128. The zero-order valence-electron chi connectivity index (χ0n) is 34.0. The third-order valence-corrected chi connectivity index (χ3v) is 13.2. The maximum atomic E-state index is 12.6. The van der Waals surface area contributed by atoms with Crippen molar-refractivity contribution >= 4 is 120 Å². The van der Waals surface area contributed by atoms with E-state index in [4.69, 9.17) is 21.9 Å². The van der Waals surface area contributed by atoms with Crippen LogP contribution in [0.5, 0.6) is 5.75 Å². The molecule has 0 bridgehead atoms. The molecule has 29 heteroatoms. The van der Waals surface area contributed by atoms with E-state index in [1.54, 1.807) is 18.2 Å². The summed E-state index contributed by atoms with van der Waals surface area (Å²) >= 11 is 6.26. The number of nitrogens with two attached hydrogens (primary N) is 1. The molecular weight excluding hydrogens is 970 g/mol. The summed E-state index contributed by atoms with van der Waals surface area (Å²) in [6, 6.07) is 18.3. The van der Waals surface area contributed by atoms with Crippen LogP contribution in [0, 0.1) is 0 Å². The zero-order chi connectivity index (χ0) is 48.2. The van der Waals surface area contributed by atoms with Crippen LogP contribution >= 0.6 is 11.6 Å². The minimum atomic E-state index is -4.99. The quantitative estimate of drug-likeness (QED) is 0.0254. The highest BCUT2D eigenvalue weighted by atomic mass is 35.5. The first kappa shape index (κ1) is 48.9. The monoisotopic (exact) mass is 1010 g/mol. The minimum Gasteiger partial charge on any atom is -0.507 e. The van der Waals surface area contributed by atoms with E-state index < -0.39 is 68.4 Å². The number of anilines is 6. The lowest BCUT2D eigenvalue weighted by Crippen LogP contribution is -2.21. The molecule has 0 fully saturated rings. The lowest BCUT2D eigenvalue weighted by Gasteiger charge is -2.22. The van der Waals surface area contributed by atoms with Crippen LogP contribution < -0.4 is 21.3 Å². The number of hydrogen-bond acceptors (Lipinski definition) is 21. The first-order valence-corrected chi connectivity index (χ1v) is 25.0. The lowest BCUT2D eigenvalue weighted by molar-refractivity contribution is 0.284. The van der Waals surface area contributed by atoms with Gasteiger partial charge in [0.05, 0.1) is 44.6 Å². The minimum absolute atomic E-state index is 0.0447. The van der Waals surface area contributed by atoms with E-state index in [0.717, 1.165) is 30.0 Å². The van der Waals surface area contributed by atoms with Gasteiger partial charge in [0.1, 0.15) is 27.7 Å². The number of rotatable bonds is 18. The summed E-state index contributed by atoms with van der Waals surface area (Å²) in [5.41, 5.74) is 6.96. The van der Waals surface area contributed by atoms with Crippen LogP contribution in [0.2, 0.25) is 5.28 Å². The second kappa shape index (κ2) is 19.5. The van der Waals surface area contributed by atoms with Crippen molar-refractivity contribution < 1.29 is 56.6 Å². The van der Waals surface area contributed by atoms with E-state index in [1.165, 1.54) is 42.5 Å². The molecule has 24 nitrogen and oxygen atoms in total. The van der Waals surface area contributed by atoms with E-state index >= 15 is 0 Å². The molecule has 348 valence electrons. The molecule has 0 atom stereocenters. The maximum Gasteiger partial charge on any atom is 0.397 e. The van der Waals surface area contributed by atoms with Gasteiger partial charge < -0.3 is 26.4 Å². The third-order valence-electron chi connectivity index (χ3n) is 9.14. The van der Waals surface area contributed by atoms with E-state index in [2.05, 4.69) is 50.2 Å². The van der Waals surface area contributed by atoms with E-state index in [1.807, 2.05) is 18.7 Å². The van der Waals surface area contributed by atoms with Gasteiger partial charge in [-0.1, -0.05) is 6.07 Å². The SMILES string of the molecule is CCN(CC)c1ccc(N=Nc2ccc(N=Nc3c(N)ccc4cc(S(=O)(=O)O)cc(O)c34)c(S(=O)(=O)O)c2)c(Nc2nc(Cl)nc(Nc3ccc(S(=O)(=O)CCOS(=O)(=O)O)cc3)n2)c1. The highest BCUT2D eigenvalue weighted by Gasteiger charge is 2.21. The van der Waals surface area contributed by atoms with Gasteiger partial charge in [-0.05, 0) is 104 Å². The Morgan fingerprint density at radius 2 is 1.36 bits per heavy atom. The molecule has 1 aromatic heterocycles. The van der Waals surface area contributed by atoms with Gasteiger partial charge in [-0.3, -0.25) is 13.7 Å². The number of sulfone groups is 1. The number of hydrogen-bond donors (Lipinski definition) is 7. The fourth-order valence-electron chi connectivity index (χ4n) is 6.06. The average Bonchev–Trinajstić information content (AvgIpc) is 3.22. The molecule has 6 aromatic rings. The topological polar surface area (TPSA) is 368 Å². The molecule has 1 heterocycles. The van der Waals surface area contributed by atoms with Crippen molar-refractivity contribution in [3.05, 3.63) is 90.2 Å². The average molecular weight is 1010 g/mol. The Morgan fingerprint density at radius 3 is 2.00 bits per heavy atom. The largest absolute Gasteiger partial charge is 0.507 e. The fraction of sp³-hybridized carbons (Fsp3) is 0.162. The van der Waals surface area contributed by atoms with Crippen molar-refractivity contribution in [2.75, 3.05) is 46.7 Å². The van der Waals surface area contributed by atoms with Crippen LogP contribution in [0.1, 0.15) is 13.8 Å². The van der Waals surface area contributed by atoms with Crippen molar-refractivity contribution in [1.29, 1.82) is 0 Å². The number of halogens is 1. The second-order valence-electron chi connectivity index (χ2n) is 13.5. The molecule has 8 N–H and O–H groups in total. The van der Waals surface area contributed by atoms with Crippen LogP contribution in [-0.2, 0) is 44.7 Å². The number of benzene rings is 5. The number of nitrogen functional groups attached to an aromatic ring is 1. The fourth-order valence-corrected chi connectivity index (χ4v) is 8.89. The Balaban J connectivity index is 1.29. The smallest absolute Gasteiger partial charge is 0.397 e. The van der Waals surface area contributed by atoms with Gasteiger partial charge in [-0.2, -0.15) is 45.3 Å². The summed E-state index contributed by atoms with van der Waals surface area (Å²) in [6.45, 7) is 4.37.